The van der Waals surface area contributed by atoms with Crippen molar-refractivity contribution in [2.45, 2.75) is 19.9 Å². The van der Waals surface area contributed by atoms with E-state index in [-0.39, 0.29) is 17.6 Å². The highest BCUT2D eigenvalue weighted by Crippen LogP contribution is 2.31. The fourth-order valence-electron chi connectivity index (χ4n) is 2.89. The molecule has 0 bridgehead atoms. The zero-order valence-corrected chi connectivity index (χ0v) is 16.9. The van der Waals surface area contributed by atoms with Crippen LogP contribution in [-0.4, -0.2) is 30.1 Å². The second-order valence-electron chi connectivity index (χ2n) is 6.48. The summed E-state index contributed by atoms with van der Waals surface area (Å²) in [5.74, 6) is 2.00. The van der Waals surface area contributed by atoms with Crippen LogP contribution >= 0.6 is 0 Å². The lowest BCUT2D eigenvalue weighted by molar-refractivity contribution is 0.0934. The van der Waals surface area contributed by atoms with Crippen LogP contribution in [0.3, 0.4) is 0 Å². The minimum absolute atomic E-state index is 0.145. The second-order valence-corrected chi connectivity index (χ2v) is 6.48. The van der Waals surface area contributed by atoms with Gasteiger partial charge < -0.3 is 20.1 Å². The molecule has 0 fully saturated rings. The van der Waals surface area contributed by atoms with Crippen molar-refractivity contribution < 1.29 is 14.3 Å². The lowest BCUT2D eigenvalue weighted by Gasteiger charge is -2.15. The monoisotopic (exact) mass is 392 g/mol. The molecule has 29 heavy (non-hydrogen) atoms. The first-order chi connectivity index (χ1) is 14.0. The molecule has 7 heteroatoms. The van der Waals surface area contributed by atoms with Gasteiger partial charge in [-0.05, 0) is 31.5 Å². The minimum atomic E-state index is -0.271. The Kier molecular flexibility index (Phi) is 6.29. The maximum Gasteiger partial charge on any atom is 0.270 e. The first-order valence-corrected chi connectivity index (χ1v) is 9.20. The van der Waals surface area contributed by atoms with Crippen molar-refractivity contribution in [3.63, 3.8) is 0 Å². The predicted molar refractivity (Wildman–Crippen MR) is 112 cm³/mol. The van der Waals surface area contributed by atoms with E-state index >= 15 is 0 Å². The Balaban J connectivity index is 1.82. The number of nitrogens with one attached hydrogen (secondary N) is 2. The van der Waals surface area contributed by atoms with E-state index in [0.29, 0.717) is 28.8 Å². The highest BCUT2D eigenvalue weighted by molar-refractivity contribution is 5.93. The summed E-state index contributed by atoms with van der Waals surface area (Å²) in [6.45, 7) is 3.67. The summed E-state index contributed by atoms with van der Waals surface area (Å²) in [5.41, 5.74) is 1.98. The lowest BCUT2D eigenvalue weighted by atomic mass is 10.1. The van der Waals surface area contributed by atoms with Gasteiger partial charge in [-0.2, -0.15) is 0 Å². The van der Waals surface area contributed by atoms with E-state index in [4.69, 9.17) is 9.47 Å². The summed E-state index contributed by atoms with van der Waals surface area (Å²) in [6, 6.07) is 16.6. The quantitative estimate of drug-likeness (QED) is 0.631. The number of rotatable bonds is 7. The lowest BCUT2D eigenvalue weighted by Crippen LogP contribution is -2.27. The van der Waals surface area contributed by atoms with Gasteiger partial charge in [0.2, 0.25) is 0 Å². The van der Waals surface area contributed by atoms with Crippen molar-refractivity contribution in [2.75, 3.05) is 19.5 Å². The summed E-state index contributed by atoms with van der Waals surface area (Å²) in [6.07, 6.45) is 0. The molecule has 150 valence electrons. The molecule has 2 N–H and O–H groups in total. The number of methoxy groups -OCH3 is 2. The van der Waals surface area contributed by atoms with Crippen LogP contribution in [0.25, 0.3) is 0 Å². The smallest absolute Gasteiger partial charge is 0.270 e. The molecule has 0 saturated heterocycles. The van der Waals surface area contributed by atoms with E-state index in [1.807, 2.05) is 37.3 Å². The Morgan fingerprint density at radius 3 is 2.45 bits per heavy atom. The first kappa shape index (κ1) is 20.1. The van der Waals surface area contributed by atoms with Gasteiger partial charge in [-0.25, -0.2) is 9.97 Å². The third-order valence-electron chi connectivity index (χ3n) is 4.39. The van der Waals surface area contributed by atoms with Gasteiger partial charge in [-0.15, -0.1) is 0 Å². The van der Waals surface area contributed by atoms with Gasteiger partial charge in [-0.1, -0.05) is 30.3 Å². The maximum absolute atomic E-state index is 12.7. The molecule has 0 aliphatic carbocycles. The highest BCUT2D eigenvalue weighted by atomic mass is 16.5. The fraction of sp³-hybridized carbons (Fsp3) is 0.227. The molecule has 1 unspecified atom stereocenters. The molecule has 1 amide bonds. The normalized spacial score (nSPS) is 11.4. The number of aromatic nitrogens is 2. The van der Waals surface area contributed by atoms with Crippen molar-refractivity contribution >= 4 is 17.4 Å². The molecule has 2 aromatic carbocycles. The number of amides is 1. The SMILES string of the molecule is COc1ccc(OC)c(Nc2cc(C(=O)NC(C)c3ccccc3)nc(C)n2)c1. The average Bonchev–Trinajstić information content (AvgIpc) is 2.73. The standard InChI is InChI=1S/C22H24N4O3/c1-14(16-8-6-5-7-9-16)23-22(27)19-13-21(25-15(2)24-19)26-18-12-17(28-3)10-11-20(18)29-4/h5-14H,1-4H3,(H,23,27)(H,24,25,26). The molecule has 7 nitrogen and oxygen atoms in total. The zero-order valence-electron chi connectivity index (χ0n) is 16.9. The van der Waals surface area contributed by atoms with E-state index in [0.717, 1.165) is 5.56 Å². The summed E-state index contributed by atoms with van der Waals surface area (Å²) in [5, 5.41) is 6.15. The summed E-state index contributed by atoms with van der Waals surface area (Å²) in [4.78, 5) is 21.4. The number of hydrogen-bond donors (Lipinski definition) is 2. The van der Waals surface area contributed by atoms with Crippen molar-refractivity contribution in [1.29, 1.82) is 0 Å². The van der Waals surface area contributed by atoms with Gasteiger partial charge >= 0.3 is 0 Å². The van der Waals surface area contributed by atoms with Crippen molar-refractivity contribution in [2.24, 2.45) is 0 Å². The Hall–Kier alpha value is -3.61. The number of carbonyl (C=O) groups is 1. The molecule has 3 rings (SSSR count). The fourth-order valence-corrected chi connectivity index (χ4v) is 2.89. The van der Waals surface area contributed by atoms with E-state index in [1.54, 1.807) is 45.4 Å². The Morgan fingerprint density at radius 2 is 1.76 bits per heavy atom. The third kappa shape index (κ3) is 5.01. The average molecular weight is 392 g/mol. The van der Waals surface area contributed by atoms with Crippen LogP contribution < -0.4 is 20.1 Å². The molecular formula is C22H24N4O3. The van der Waals surface area contributed by atoms with E-state index in [9.17, 15) is 4.79 Å². The van der Waals surface area contributed by atoms with Crippen LogP contribution in [0, 0.1) is 6.92 Å². The molecule has 1 aromatic heterocycles. The van der Waals surface area contributed by atoms with Crippen LogP contribution in [0.2, 0.25) is 0 Å². The van der Waals surface area contributed by atoms with Crippen LogP contribution in [0.15, 0.2) is 54.6 Å². The predicted octanol–water partition coefficient (Wildman–Crippen LogP) is 4.04. The maximum atomic E-state index is 12.7. The molecule has 0 saturated carbocycles. The van der Waals surface area contributed by atoms with Crippen LogP contribution in [-0.2, 0) is 0 Å². The van der Waals surface area contributed by atoms with Gasteiger partial charge in [0.25, 0.3) is 5.91 Å². The molecule has 0 radical (unpaired) electrons. The Bertz CT molecular complexity index is 993. The Morgan fingerprint density at radius 1 is 1.00 bits per heavy atom. The summed E-state index contributed by atoms with van der Waals surface area (Å²) >= 11 is 0. The molecule has 0 aliphatic heterocycles. The highest BCUT2D eigenvalue weighted by Gasteiger charge is 2.15. The molecular weight excluding hydrogens is 368 g/mol. The second kappa shape index (κ2) is 9.05. The van der Waals surface area contributed by atoms with Gasteiger partial charge in [0, 0.05) is 12.1 Å². The van der Waals surface area contributed by atoms with Crippen LogP contribution in [0.4, 0.5) is 11.5 Å². The summed E-state index contributed by atoms with van der Waals surface area (Å²) < 4.78 is 10.7. The van der Waals surface area contributed by atoms with Gasteiger partial charge in [0.15, 0.2) is 0 Å². The third-order valence-corrected chi connectivity index (χ3v) is 4.39. The Labute approximate surface area is 170 Å². The number of ether oxygens (including phenoxy) is 2. The number of hydrogen-bond acceptors (Lipinski definition) is 6. The number of anilines is 2. The van der Waals surface area contributed by atoms with Crippen LogP contribution in [0.5, 0.6) is 11.5 Å². The first-order valence-electron chi connectivity index (χ1n) is 9.20. The number of aryl methyl sites for hydroxylation is 1. The van der Waals surface area contributed by atoms with Gasteiger partial charge in [-0.3, -0.25) is 4.79 Å². The number of nitrogens with zero attached hydrogens (tertiary/aromatic N) is 2. The number of benzene rings is 2. The zero-order chi connectivity index (χ0) is 20.8. The van der Waals surface area contributed by atoms with Gasteiger partial charge in [0.1, 0.15) is 28.8 Å². The minimum Gasteiger partial charge on any atom is -0.497 e. The summed E-state index contributed by atoms with van der Waals surface area (Å²) in [7, 11) is 3.18. The van der Waals surface area contributed by atoms with Crippen LogP contribution in [0.1, 0.15) is 34.8 Å². The van der Waals surface area contributed by atoms with E-state index < -0.39 is 0 Å². The van der Waals surface area contributed by atoms with Crippen molar-refractivity contribution in [3.05, 3.63) is 71.7 Å². The largest absolute Gasteiger partial charge is 0.497 e. The molecule has 1 heterocycles. The van der Waals surface area contributed by atoms with Crippen molar-refractivity contribution in [1.82, 2.24) is 15.3 Å². The number of carbonyl (C=O) groups excluding carboxylic acids is 1. The van der Waals surface area contributed by atoms with Gasteiger partial charge in [0.05, 0.1) is 25.9 Å². The molecule has 0 spiro atoms. The topological polar surface area (TPSA) is 85.4 Å². The molecule has 1 atom stereocenters. The molecule has 0 aliphatic rings. The van der Waals surface area contributed by atoms with Crippen molar-refractivity contribution in [3.8, 4) is 11.5 Å². The van der Waals surface area contributed by atoms with E-state index in [1.165, 1.54) is 0 Å². The molecule has 3 aromatic rings. The van der Waals surface area contributed by atoms with E-state index in [2.05, 4.69) is 20.6 Å².